The van der Waals surface area contributed by atoms with Crippen LogP contribution in [0.5, 0.6) is 11.6 Å². The molecule has 6 heteroatoms. The Morgan fingerprint density at radius 3 is 2.85 bits per heavy atom. The lowest BCUT2D eigenvalue weighted by Crippen LogP contribution is -2.20. The van der Waals surface area contributed by atoms with E-state index >= 15 is 0 Å². The van der Waals surface area contributed by atoms with Gasteiger partial charge in [0.05, 0.1) is 17.1 Å². The van der Waals surface area contributed by atoms with Gasteiger partial charge in [-0.3, -0.25) is 4.99 Å². The summed E-state index contributed by atoms with van der Waals surface area (Å²) in [4.78, 5) is 8.62. The van der Waals surface area contributed by atoms with Gasteiger partial charge in [0.1, 0.15) is 11.6 Å². The summed E-state index contributed by atoms with van der Waals surface area (Å²) in [5.74, 6) is 1.76. The first-order valence-electron chi connectivity index (χ1n) is 6.10. The van der Waals surface area contributed by atoms with Gasteiger partial charge < -0.3 is 10.1 Å². The maximum Gasteiger partial charge on any atom is 0.230 e. The molecule has 0 fully saturated rings. The number of ether oxygens (including phenoxy) is 1. The number of hydrogen-bond donors (Lipinski definition) is 1. The van der Waals surface area contributed by atoms with Crippen LogP contribution in [0.4, 0.5) is 0 Å². The van der Waals surface area contributed by atoms with E-state index in [1.165, 1.54) is 0 Å². The predicted octanol–water partition coefficient (Wildman–Crippen LogP) is 3.53. The molecular formula is C14H11Cl2N3O. The summed E-state index contributed by atoms with van der Waals surface area (Å²) >= 11 is 12.0. The minimum atomic E-state index is 0.440. The topological polar surface area (TPSA) is 46.5 Å². The van der Waals surface area contributed by atoms with E-state index in [0.29, 0.717) is 21.7 Å². The number of halogens is 2. The molecule has 0 bridgehead atoms. The second-order valence-electron chi connectivity index (χ2n) is 4.19. The number of aliphatic imine (C=N–C) groups is 1. The highest BCUT2D eigenvalue weighted by molar-refractivity contribution is 6.35. The van der Waals surface area contributed by atoms with E-state index in [4.69, 9.17) is 27.9 Å². The third kappa shape index (κ3) is 2.71. The zero-order valence-corrected chi connectivity index (χ0v) is 11.9. The van der Waals surface area contributed by atoms with Gasteiger partial charge in [-0.15, -0.1) is 0 Å². The van der Waals surface area contributed by atoms with Crippen LogP contribution in [0.25, 0.3) is 0 Å². The van der Waals surface area contributed by atoms with Crippen molar-refractivity contribution < 1.29 is 4.74 Å². The van der Waals surface area contributed by atoms with Crippen LogP contribution in [0.2, 0.25) is 10.0 Å². The van der Waals surface area contributed by atoms with Crippen LogP contribution in [0.15, 0.2) is 41.5 Å². The van der Waals surface area contributed by atoms with E-state index in [-0.39, 0.29) is 0 Å². The lowest BCUT2D eigenvalue weighted by molar-refractivity contribution is 0.462. The summed E-state index contributed by atoms with van der Waals surface area (Å²) in [6.07, 6.45) is 1.66. The Labute approximate surface area is 126 Å². The Morgan fingerprint density at radius 1 is 1.20 bits per heavy atom. The van der Waals surface area contributed by atoms with Crippen LogP contribution in [0, 0.1) is 0 Å². The summed E-state index contributed by atoms with van der Waals surface area (Å²) in [5.41, 5.74) is 0.816. The number of rotatable bonds is 3. The minimum absolute atomic E-state index is 0.440. The number of nitrogens with zero attached hydrogens (tertiary/aromatic N) is 2. The number of benzene rings is 1. The van der Waals surface area contributed by atoms with Gasteiger partial charge in [0.15, 0.2) is 0 Å². The molecule has 0 saturated heterocycles. The lowest BCUT2D eigenvalue weighted by Gasteiger charge is -2.11. The molecule has 0 amide bonds. The number of nitrogens with one attached hydrogen (secondary N) is 1. The maximum atomic E-state index is 6.11. The SMILES string of the molecule is Clc1ccc(Oc2ncccc2C2=NCCN2)c(Cl)c1. The van der Waals surface area contributed by atoms with Crippen molar-refractivity contribution in [2.75, 3.05) is 13.1 Å². The smallest absolute Gasteiger partial charge is 0.230 e. The fourth-order valence-electron chi connectivity index (χ4n) is 1.89. The van der Waals surface area contributed by atoms with Gasteiger partial charge in [-0.25, -0.2) is 4.98 Å². The molecule has 20 heavy (non-hydrogen) atoms. The van der Waals surface area contributed by atoms with E-state index in [1.807, 2.05) is 12.1 Å². The first-order valence-corrected chi connectivity index (χ1v) is 6.86. The molecule has 102 valence electrons. The molecule has 0 saturated carbocycles. The molecule has 1 N–H and O–H groups in total. The first-order chi connectivity index (χ1) is 9.74. The molecule has 0 atom stereocenters. The molecule has 3 rings (SSSR count). The summed E-state index contributed by atoms with van der Waals surface area (Å²) < 4.78 is 5.79. The van der Waals surface area contributed by atoms with Crippen LogP contribution < -0.4 is 10.1 Å². The molecule has 2 heterocycles. The van der Waals surface area contributed by atoms with Crippen molar-refractivity contribution >= 4 is 29.0 Å². The molecule has 1 aromatic carbocycles. The predicted molar refractivity (Wildman–Crippen MR) is 80.2 cm³/mol. The van der Waals surface area contributed by atoms with Crippen LogP contribution in [0.1, 0.15) is 5.56 Å². The van der Waals surface area contributed by atoms with Crippen molar-refractivity contribution in [3.8, 4) is 11.6 Å². The summed E-state index contributed by atoms with van der Waals surface area (Å²) in [6, 6.07) is 8.81. The molecule has 1 aliphatic rings. The van der Waals surface area contributed by atoms with Crippen molar-refractivity contribution in [3.05, 3.63) is 52.1 Å². The van der Waals surface area contributed by atoms with Crippen LogP contribution in [-0.4, -0.2) is 23.9 Å². The monoisotopic (exact) mass is 307 g/mol. The highest BCUT2D eigenvalue weighted by Gasteiger charge is 2.15. The normalized spacial score (nSPS) is 13.8. The summed E-state index contributed by atoms with van der Waals surface area (Å²) in [6.45, 7) is 1.58. The van der Waals surface area contributed by atoms with E-state index < -0.39 is 0 Å². The zero-order chi connectivity index (χ0) is 13.9. The third-order valence-corrected chi connectivity index (χ3v) is 3.33. The molecule has 0 aliphatic carbocycles. The average Bonchev–Trinajstić information content (AvgIpc) is 2.96. The quantitative estimate of drug-likeness (QED) is 0.943. The Kier molecular flexibility index (Phi) is 3.76. The van der Waals surface area contributed by atoms with Gasteiger partial charge in [0, 0.05) is 17.8 Å². The molecule has 0 radical (unpaired) electrons. The second-order valence-corrected chi connectivity index (χ2v) is 5.03. The highest BCUT2D eigenvalue weighted by atomic mass is 35.5. The van der Waals surface area contributed by atoms with E-state index in [1.54, 1.807) is 24.4 Å². The minimum Gasteiger partial charge on any atom is -0.437 e. The Balaban J connectivity index is 1.94. The summed E-state index contributed by atoms with van der Waals surface area (Å²) in [7, 11) is 0. The summed E-state index contributed by atoms with van der Waals surface area (Å²) in [5, 5.41) is 4.20. The second kappa shape index (κ2) is 5.69. The van der Waals surface area contributed by atoms with Crippen molar-refractivity contribution in [2.45, 2.75) is 0 Å². The zero-order valence-electron chi connectivity index (χ0n) is 10.4. The van der Waals surface area contributed by atoms with E-state index in [2.05, 4.69) is 15.3 Å². The number of aromatic nitrogens is 1. The van der Waals surface area contributed by atoms with Crippen molar-refractivity contribution in [3.63, 3.8) is 0 Å². The molecule has 1 aromatic heterocycles. The van der Waals surface area contributed by atoms with Gasteiger partial charge in [-0.1, -0.05) is 23.2 Å². The lowest BCUT2D eigenvalue weighted by atomic mass is 10.2. The maximum absolute atomic E-state index is 6.11. The third-order valence-electron chi connectivity index (χ3n) is 2.80. The Bertz CT molecular complexity index is 673. The van der Waals surface area contributed by atoms with Crippen molar-refractivity contribution in [1.29, 1.82) is 0 Å². The van der Waals surface area contributed by atoms with Gasteiger partial charge in [-0.2, -0.15) is 0 Å². The number of pyridine rings is 1. The van der Waals surface area contributed by atoms with Gasteiger partial charge in [0.25, 0.3) is 0 Å². The van der Waals surface area contributed by atoms with Gasteiger partial charge in [-0.05, 0) is 30.3 Å². The highest BCUT2D eigenvalue weighted by Crippen LogP contribution is 2.32. The molecule has 4 nitrogen and oxygen atoms in total. The fourth-order valence-corrected chi connectivity index (χ4v) is 2.34. The van der Waals surface area contributed by atoms with Crippen LogP contribution >= 0.6 is 23.2 Å². The number of hydrogen-bond acceptors (Lipinski definition) is 4. The van der Waals surface area contributed by atoms with E-state index in [0.717, 1.165) is 24.5 Å². The fraction of sp³-hybridized carbons (Fsp3) is 0.143. The largest absolute Gasteiger partial charge is 0.437 e. The van der Waals surface area contributed by atoms with Crippen molar-refractivity contribution in [2.24, 2.45) is 4.99 Å². The van der Waals surface area contributed by atoms with Gasteiger partial charge >= 0.3 is 0 Å². The van der Waals surface area contributed by atoms with E-state index in [9.17, 15) is 0 Å². The molecular weight excluding hydrogens is 297 g/mol. The van der Waals surface area contributed by atoms with Crippen LogP contribution in [0.3, 0.4) is 0 Å². The Morgan fingerprint density at radius 2 is 2.10 bits per heavy atom. The Hall–Kier alpha value is -1.78. The standard InChI is InChI=1S/C14H11Cl2N3O/c15-9-3-4-12(11(16)8-9)20-14-10(2-1-5-19-14)13-17-6-7-18-13/h1-5,8H,6-7H2,(H,17,18). The molecule has 2 aromatic rings. The molecule has 0 spiro atoms. The number of amidine groups is 1. The first kappa shape index (κ1) is 13.2. The average molecular weight is 308 g/mol. The van der Waals surface area contributed by atoms with Crippen molar-refractivity contribution in [1.82, 2.24) is 10.3 Å². The molecule has 0 unspecified atom stereocenters. The van der Waals surface area contributed by atoms with Crippen LogP contribution in [-0.2, 0) is 0 Å². The van der Waals surface area contributed by atoms with Gasteiger partial charge in [0.2, 0.25) is 5.88 Å². The molecule has 1 aliphatic heterocycles.